The van der Waals surface area contributed by atoms with Gasteiger partial charge in [0.2, 0.25) is 0 Å². The van der Waals surface area contributed by atoms with E-state index in [0.717, 1.165) is 21.1 Å². The number of amides is 1. The van der Waals surface area contributed by atoms with Crippen molar-refractivity contribution in [1.29, 1.82) is 0 Å². The number of nitrogens with zero attached hydrogens (tertiary/aromatic N) is 3. The molecule has 0 aliphatic heterocycles. The van der Waals surface area contributed by atoms with Gasteiger partial charge in [0.1, 0.15) is 0 Å². The molecule has 2 aromatic heterocycles. The van der Waals surface area contributed by atoms with Gasteiger partial charge in [-0.1, -0.05) is 48.5 Å². The second kappa shape index (κ2) is 7.72. The summed E-state index contributed by atoms with van der Waals surface area (Å²) >= 11 is 3.34. The zero-order valence-corrected chi connectivity index (χ0v) is 16.1. The van der Waals surface area contributed by atoms with E-state index >= 15 is 0 Å². The Bertz CT molecular complexity index is 1090. The van der Waals surface area contributed by atoms with E-state index in [1.54, 1.807) is 18.5 Å². The van der Waals surface area contributed by atoms with Crippen molar-refractivity contribution in [1.82, 2.24) is 20.1 Å². The number of carbonyl (C=O) groups excluding carboxylic acids is 1. The molecule has 1 N–H and O–H groups in total. The molecular formula is C21H17BrN4O. The standard InChI is InChI=1S/C21H17BrN4O/c22-17-10-16(11-23-12-17)21(27)24-13-19-18-8-4-5-9-20(18)26(25-19)14-15-6-2-1-3-7-15/h1-12H,13-14H2,(H,24,27). The second-order valence-corrected chi connectivity index (χ2v) is 7.10. The summed E-state index contributed by atoms with van der Waals surface area (Å²) in [4.78, 5) is 16.4. The molecule has 0 saturated heterocycles. The minimum absolute atomic E-state index is 0.175. The monoisotopic (exact) mass is 420 g/mol. The molecule has 0 spiro atoms. The molecule has 27 heavy (non-hydrogen) atoms. The Kier molecular flexibility index (Phi) is 4.98. The van der Waals surface area contributed by atoms with E-state index in [2.05, 4.69) is 44.4 Å². The number of carbonyl (C=O) groups is 1. The molecule has 0 aliphatic rings. The first-order valence-corrected chi connectivity index (χ1v) is 9.37. The summed E-state index contributed by atoms with van der Waals surface area (Å²) < 4.78 is 2.75. The average Bonchev–Trinajstić information content (AvgIpc) is 3.05. The molecule has 4 rings (SSSR count). The lowest BCUT2D eigenvalue weighted by Crippen LogP contribution is -2.23. The molecule has 5 nitrogen and oxygen atoms in total. The highest BCUT2D eigenvalue weighted by Crippen LogP contribution is 2.20. The van der Waals surface area contributed by atoms with Crippen LogP contribution in [0.1, 0.15) is 21.6 Å². The molecular weight excluding hydrogens is 404 g/mol. The van der Waals surface area contributed by atoms with Gasteiger partial charge in [0.25, 0.3) is 5.91 Å². The number of para-hydroxylation sites is 1. The molecule has 134 valence electrons. The largest absolute Gasteiger partial charge is 0.346 e. The van der Waals surface area contributed by atoms with E-state index in [4.69, 9.17) is 5.10 Å². The van der Waals surface area contributed by atoms with Crippen LogP contribution in [0, 0.1) is 0 Å². The first-order chi connectivity index (χ1) is 13.2. The summed E-state index contributed by atoms with van der Waals surface area (Å²) in [5.41, 5.74) is 3.59. The van der Waals surface area contributed by atoms with Crippen molar-refractivity contribution in [3.63, 3.8) is 0 Å². The van der Waals surface area contributed by atoms with Gasteiger partial charge in [-0.3, -0.25) is 14.5 Å². The first-order valence-electron chi connectivity index (χ1n) is 8.58. The highest BCUT2D eigenvalue weighted by molar-refractivity contribution is 9.10. The van der Waals surface area contributed by atoms with Gasteiger partial charge in [-0.15, -0.1) is 0 Å². The Morgan fingerprint density at radius 1 is 1.04 bits per heavy atom. The lowest BCUT2D eigenvalue weighted by Gasteiger charge is -2.04. The highest BCUT2D eigenvalue weighted by Gasteiger charge is 2.12. The maximum atomic E-state index is 12.4. The van der Waals surface area contributed by atoms with Gasteiger partial charge in [-0.25, -0.2) is 0 Å². The van der Waals surface area contributed by atoms with Crippen LogP contribution in [0.2, 0.25) is 0 Å². The van der Waals surface area contributed by atoms with Crippen molar-refractivity contribution in [3.05, 3.63) is 94.4 Å². The molecule has 0 aliphatic carbocycles. The summed E-state index contributed by atoms with van der Waals surface area (Å²) in [5, 5.41) is 8.72. The normalized spacial score (nSPS) is 10.9. The maximum Gasteiger partial charge on any atom is 0.253 e. The smallest absolute Gasteiger partial charge is 0.253 e. The maximum absolute atomic E-state index is 12.4. The molecule has 1 amide bonds. The van der Waals surface area contributed by atoms with Crippen molar-refractivity contribution in [2.75, 3.05) is 0 Å². The Labute approximate surface area is 165 Å². The lowest BCUT2D eigenvalue weighted by molar-refractivity contribution is 0.0950. The van der Waals surface area contributed by atoms with Crippen LogP contribution in [0.15, 0.2) is 77.5 Å². The molecule has 0 bridgehead atoms. The first kappa shape index (κ1) is 17.4. The van der Waals surface area contributed by atoms with Crippen LogP contribution >= 0.6 is 15.9 Å². The van der Waals surface area contributed by atoms with E-state index in [-0.39, 0.29) is 5.91 Å². The van der Waals surface area contributed by atoms with Crippen molar-refractivity contribution in [2.45, 2.75) is 13.1 Å². The van der Waals surface area contributed by atoms with E-state index in [9.17, 15) is 4.79 Å². The molecule has 0 atom stereocenters. The molecule has 0 saturated carbocycles. The van der Waals surface area contributed by atoms with Crippen LogP contribution in [-0.2, 0) is 13.1 Å². The topological polar surface area (TPSA) is 59.8 Å². The Balaban J connectivity index is 1.58. The molecule has 0 fully saturated rings. The van der Waals surface area contributed by atoms with Crippen LogP contribution in [0.25, 0.3) is 10.9 Å². The third-order valence-electron chi connectivity index (χ3n) is 4.29. The quantitative estimate of drug-likeness (QED) is 0.526. The summed E-state index contributed by atoms with van der Waals surface area (Å²) in [6.45, 7) is 1.04. The Morgan fingerprint density at radius 3 is 2.63 bits per heavy atom. The minimum atomic E-state index is -0.175. The highest BCUT2D eigenvalue weighted by atomic mass is 79.9. The number of benzene rings is 2. The number of pyridine rings is 1. The van der Waals surface area contributed by atoms with Gasteiger partial charge in [0, 0.05) is 22.3 Å². The third kappa shape index (κ3) is 3.90. The summed E-state index contributed by atoms with van der Waals surface area (Å²) in [5.74, 6) is -0.175. The minimum Gasteiger partial charge on any atom is -0.346 e. The van der Waals surface area contributed by atoms with Gasteiger partial charge >= 0.3 is 0 Å². The second-order valence-electron chi connectivity index (χ2n) is 6.18. The van der Waals surface area contributed by atoms with Gasteiger partial charge in [-0.2, -0.15) is 5.10 Å². The number of nitrogens with one attached hydrogen (secondary N) is 1. The number of fused-ring (bicyclic) bond motifs is 1. The average molecular weight is 421 g/mol. The number of rotatable bonds is 5. The van der Waals surface area contributed by atoms with E-state index < -0.39 is 0 Å². The SMILES string of the molecule is O=C(NCc1nn(Cc2ccccc2)c2ccccc12)c1cncc(Br)c1. The zero-order valence-electron chi connectivity index (χ0n) is 14.5. The fraction of sp³-hybridized carbons (Fsp3) is 0.0952. The predicted octanol–water partition coefficient (Wildman–Crippen LogP) is 4.17. The van der Waals surface area contributed by atoms with Crippen molar-refractivity contribution >= 4 is 32.7 Å². The predicted molar refractivity (Wildman–Crippen MR) is 108 cm³/mol. The van der Waals surface area contributed by atoms with Crippen LogP contribution in [-0.4, -0.2) is 20.7 Å². The lowest BCUT2D eigenvalue weighted by atomic mass is 10.2. The number of hydrogen-bond donors (Lipinski definition) is 1. The number of hydrogen-bond acceptors (Lipinski definition) is 3. The van der Waals surface area contributed by atoms with Gasteiger partial charge < -0.3 is 5.32 Å². The fourth-order valence-electron chi connectivity index (χ4n) is 3.01. The molecule has 6 heteroatoms. The van der Waals surface area contributed by atoms with E-state index in [0.29, 0.717) is 18.7 Å². The van der Waals surface area contributed by atoms with Crippen LogP contribution in [0.3, 0.4) is 0 Å². The Morgan fingerprint density at radius 2 is 1.81 bits per heavy atom. The van der Waals surface area contributed by atoms with Gasteiger partial charge in [0.15, 0.2) is 0 Å². The fourth-order valence-corrected chi connectivity index (χ4v) is 3.37. The van der Waals surface area contributed by atoms with Crippen LogP contribution < -0.4 is 5.32 Å². The van der Waals surface area contributed by atoms with Crippen LogP contribution in [0.4, 0.5) is 0 Å². The van der Waals surface area contributed by atoms with Crippen molar-refractivity contribution in [2.24, 2.45) is 0 Å². The summed E-state index contributed by atoms with van der Waals surface area (Å²) in [6.07, 6.45) is 3.20. The van der Waals surface area contributed by atoms with Crippen molar-refractivity contribution < 1.29 is 4.79 Å². The Hall–Kier alpha value is -2.99. The molecule has 2 aromatic carbocycles. The third-order valence-corrected chi connectivity index (χ3v) is 4.73. The zero-order chi connectivity index (χ0) is 18.6. The molecule has 0 unspecified atom stereocenters. The van der Waals surface area contributed by atoms with E-state index in [1.807, 2.05) is 41.1 Å². The summed E-state index contributed by atoms with van der Waals surface area (Å²) in [6, 6.07) is 20.0. The van der Waals surface area contributed by atoms with Crippen molar-refractivity contribution in [3.8, 4) is 0 Å². The molecule has 4 aromatic rings. The number of aromatic nitrogens is 3. The molecule has 0 radical (unpaired) electrons. The summed E-state index contributed by atoms with van der Waals surface area (Å²) in [7, 11) is 0. The number of halogens is 1. The molecule has 2 heterocycles. The van der Waals surface area contributed by atoms with Gasteiger partial charge in [0.05, 0.1) is 29.9 Å². The van der Waals surface area contributed by atoms with E-state index in [1.165, 1.54) is 5.56 Å². The van der Waals surface area contributed by atoms with Crippen LogP contribution in [0.5, 0.6) is 0 Å². The van der Waals surface area contributed by atoms with Gasteiger partial charge in [-0.05, 0) is 33.6 Å².